The smallest absolute Gasteiger partial charge is 0.407 e. The van der Waals surface area contributed by atoms with E-state index in [9.17, 15) is 19.5 Å². The second-order valence-corrected chi connectivity index (χ2v) is 8.93. The Morgan fingerprint density at radius 2 is 1.68 bits per heavy atom. The number of nitrogens with one attached hydrogen (secondary N) is 1. The number of hydrogen-bond donors (Lipinski definition) is 2. The number of carboxylic acids is 1. The van der Waals surface area contributed by atoms with Crippen LogP contribution in [0.5, 0.6) is 0 Å². The van der Waals surface area contributed by atoms with Crippen molar-refractivity contribution in [3.8, 4) is 11.1 Å². The van der Waals surface area contributed by atoms with E-state index in [1.807, 2.05) is 31.2 Å². The Bertz CT molecular complexity index is 1030. The number of likely N-dealkylation sites (tertiary alicyclic amines) is 1. The fraction of sp³-hybridized carbons (Fsp3) is 0.423. The monoisotopic (exact) mass is 466 g/mol. The van der Waals surface area contributed by atoms with Crippen molar-refractivity contribution in [1.29, 1.82) is 0 Å². The lowest BCUT2D eigenvalue weighted by Gasteiger charge is -2.22. The van der Waals surface area contributed by atoms with Gasteiger partial charge < -0.3 is 24.8 Å². The zero-order chi connectivity index (χ0) is 24.2. The summed E-state index contributed by atoms with van der Waals surface area (Å²) in [4.78, 5) is 38.0. The Morgan fingerprint density at radius 1 is 1.06 bits per heavy atom. The first-order chi connectivity index (χ1) is 16.4. The van der Waals surface area contributed by atoms with E-state index in [0.29, 0.717) is 6.54 Å². The molecule has 2 N–H and O–H groups in total. The number of carbonyl (C=O) groups excluding carboxylic acids is 2. The highest BCUT2D eigenvalue weighted by Crippen LogP contribution is 2.44. The van der Waals surface area contributed by atoms with Gasteiger partial charge in [-0.3, -0.25) is 9.59 Å². The summed E-state index contributed by atoms with van der Waals surface area (Å²) in [6.45, 7) is 2.80. The predicted molar refractivity (Wildman–Crippen MR) is 125 cm³/mol. The number of methoxy groups -OCH3 is 1. The molecule has 8 nitrogen and oxygen atoms in total. The SMILES string of the molecule is COC(CCNC(=O)OCC1c2ccccc2-c2ccccc21)C(=O)N1CC(C)C(C(=O)O)C1. The van der Waals surface area contributed by atoms with Crippen LogP contribution in [0.1, 0.15) is 30.4 Å². The molecule has 2 aromatic carbocycles. The van der Waals surface area contributed by atoms with Crippen molar-refractivity contribution in [2.24, 2.45) is 11.8 Å². The topological polar surface area (TPSA) is 105 Å². The number of fused-ring (bicyclic) bond motifs is 3. The number of ether oxygens (including phenoxy) is 2. The average molecular weight is 467 g/mol. The van der Waals surface area contributed by atoms with Gasteiger partial charge in [-0.1, -0.05) is 55.5 Å². The van der Waals surface area contributed by atoms with Gasteiger partial charge in [0.1, 0.15) is 12.7 Å². The van der Waals surface area contributed by atoms with E-state index in [0.717, 1.165) is 22.3 Å². The van der Waals surface area contributed by atoms with Gasteiger partial charge in [0.05, 0.1) is 5.92 Å². The van der Waals surface area contributed by atoms with Gasteiger partial charge in [-0.15, -0.1) is 0 Å². The number of alkyl carbamates (subject to hydrolysis) is 1. The Hall–Kier alpha value is -3.39. The van der Waals surface area contributed by atoms with Crippen molar-refractivity contribution in [2.75, 3.05) is 33.4 Å². The number of benzene rings is 2. The fourth-order valence-corrected chi connectivity index (χ4v) is 4.97. The summed E-state index contributed by atoms with van der Waals surface area (Å²) in [5, 5.41) is 12.0. The lowest BCUT2D eigenvalue weighted by molar-refractivity contribution is -0.143. The molecule has 0 spiro atoms. The van der Waals surface area contributed by atoms with Crippen LogP contribution in [-0.2, 0) is 19.1 Å². The second-order valence-electron chi connectivity index (χ2n) is 8.93. The average Bonchev–Trinajstić information content (AvgIpc) is 3.38. The maximum absolute atomic E-state index is 12.8. The van der Waals surface area contributed by atoms with Crippen LogP contribution in [0.2, 0.25) is 0 Å². The molecule has 0 radical (unpaired) electrons. The lowest BCUT2D eigenvalue weighted by atomic mass is 9.98. The molecule has 4 rings (SSSR count). The molecule has 0 saturated carbocycles. The normalized spacial score (nSPS) is 19.9. The van der Waals surface area contributed by atoms with Gasteiger partial charge >= 0.3 is 12.1 Å². The maximum atomic E-state index is 12.8. The maximum Gasteiger partial charge on any atom is 0.407 e. The molecule has 0 bridgehead atoms. The Kier molecular flexibility index (Phi) is 7.17. The first kappa shape index (κ1) is 23.8. The van der Waals surface area contributed by atoms with Gasteiger partial charge in [-0.05, 0) is 28.2 Å². The molecule has 1 heterocycles. The lowest BCUT2D eigenvalue weighted by Crippen LogP contribution is -2.41. The third kappa shape index (κ3) is 4.77. The third-order valence-electron chi connectivity index (χ3n) is 6.82. The Balaban J connectivity index is 1.27. The van der Waals surface area contributed by atoms with Crippen LogP contribution in [-0.4, -0.2) is 67.4 Å². The minimum Gasteiger partial charge on any atom is -0.481 e. The first-order valence-electron chi connectivity index (χ1n) is 11.5. The van der Waals surface area contributed by atoms with Crippen LogP contribution < -0.4 is 5.32 Å². The van der Waals surface area contributed by atoms with E-state index >= 15 is 0 Å². The minimum atomic E-state index is -0.895. The molecule has 1 fully saturated rings. The second kappa shape index (κ2) is 10.3. The Morgan fingerprint density at radius 3 is 2.24 bits per heavy atom. The summed E-state index contributed by atoms with van der Waals surface area (Å²) in [5.41, 5.74) is 4.60. The molecule has 2 aromatic rings. The zero-order valence-corrected chi connectivity index (χ0v) is 19.4. The minimum absolute atomic E-state index is 0.0224. The molecule has 2 amide bonds. The van der Waals surface area contributed by atoms with Crippen LogP contribution in [0.3, 0.4) is 0 Å². The molecule has 1 aliphatic heterocycles. The van der Waals surface area contributed by atoms with Crippen LogP contribution in [0.4, 0.5) is 4.79 Å². The summed E-state index contributed by atoms with van der Waals surface area (Å²) in [6.07, 6.45) is -1.04. The molecule has 8 heteroatoms. The molecule has 180 valence electrons. The van der Waals surface area contributed by atoms with Crippen molar-refractivity contribution in [1.82, 2.24) is 10.2 Å². The quantitative estimate of drug-likeness (QED) is 0.619. The number of nitrogens with zero attached hydrogens (tertiary/aromatic N) is 1. The predicted octanol–water partition coefficient (Wildman–Crippen LogP) is 3.11. The number of amides is 2. The summed E-state index contributed by atoms with van der Waals surface area (Å²) in [5.74, 6) is -1.86. The van der Waals surface area contributed by atoms with Crippen molar-refractivity contribution >= 4 is 18.0 Å². The molecular formula is C26H30N2O6. The van der Waals surface area contributed by atoms with Crippen LogP contribution in [0.15, 0.2) is 48.5 Å². The highest BCUT2D eigenvalue weighted by molar-refractivity contribution is 5.83. The number of rotatable bonds is 8. The summed E-state index contributed by atoms with van der Waals surface area (Å²) >= 11 is 0. The Labute approximate surface area is 198 Å². The van der Waals surface area contributed by atoms with E-state index in [-0.39, 0.29) is 43.9 Å². The van der Waals surface area contributed by atoms with E-state index in [1.165, 1.54) is 12.0 Å². The number of carboxylic acid groups (broad SMARTS) is 1. The van der Waals surface area contributed by atoms with Crippen LogP contribution >= 0.6 is 0 Å². The van der Waals surface area contributed by atoms with Crippen molar-refractivity contribution in [3.63, 3.8) is 0 Å². The largest absolute Gasteiger partial charge is 0.481 e. The van der Waals surface area contributed by atoms with Crippen molar-refractivity contribution < 1.29 is 29.0 Å². The standard InChI is InChI=1S/C26H30N2O6/c1-16-13-28(14-21(16)25(30)31)24(29)23(33-2)11-12-27-26(32)34-15-22-19-9-5-3-7-17(19)18-8-4-6-10-20(18)22/h3-10,16,21-23H,11-15H2,1-2H3,(H,27,32)(H,30,31). The number of aliphatic carboxylic acids is 1. The van der Waals surface area contributed by atoms with Crippen LogP contribution in [0, 0.1) is 11.8 Å². The number of carbonyl (C=O) groups is 3. The van der Waals surface area contributed by atoms with Gasteiger partial charge in [0.2, 0.25) is 0 Å². The molecule has 3 unspecified atom stereocenters. The number of hydrogen-bond acceptors (Lipinski definition) is 5. The van der Waals surface area contributed by atoms with E-state index in [2.05, 4.69) is 29.6 Å². The molecule has 1 saturated heterocycles. The molecule has 1 aliphatic carbocycles. The fourth-order valence-electron chi connectivity index (χ4n) is 4.97. The molecule has 3 atom stereocenters. The van der Waals surface area contributed by atoms with E-state index in [1.54, 1.807) is 0 Å². The molecule has 2 aliphatic rings. The highest BCUT2D eigenvalue weighted by atomic mass is 16.5. The van der Waals surface area contributed by atoms with Gasteiger partial charge in [0.25, 0.3) is 5.91 Å². The van der Waals surface area contributed by atoms with E-state index in [4.69, 9.17) is 9.47 Å². The van der Waals surface area contributed by atoms with Crippen molar-refractivity contribution in [2.45, 2.75) is 25.4 Å². The zero-order valence-electron chi connectivity index (χ0n) is 19.4. The first-order valence-corrected chi connectivity index (χ1v) is 11.5. The van der Waals surface area contributed by atoms with Crippen LogP contribution in [0.25, 0.3) is 11.1 Å². The summed E-state index contributed by atoms with van der Waals surface area (Å²) in [7, 11) is 1.43. The summed E-state index contributed by atoms with van der Waals surface area (Å²) in [6, 6.07) is 16.3. The molecule has 0 aromatic heterocycles. The summed E-state index contributed by atoms with van der Waals surface area (Å²) < 4.78 is 10.8. The highest BCUT2D eigenvalue weighted by Gasteiger charge is 2.39. The molecule has 34 heavy (non-hydrogen) atoms. The van der Waals surface area contributed by atoms with Gasteiger partial charge in [0, 0.05) is 39.1 Å². The van der Waals surface area contributed by atoms with Gasteiger partial charge in [-0.25, -0.2) is 4.79 Å². The van der Waals surface area contributed by atoms with Gasteiger partial charge in [-0.2, -0.15) is 0 Å². The van der Waals surface area contributed by atoms with E-state index < -0.39 is 24.1 Å². The van der Waals surface area contributed by atoms with Gasteiger partial charge in [0.15, 0.2) is 0 Å². The third-order valence-corrected chi connectivity index (χ3v) is 6.82. The van der Waals surface area contributed by atoms with Crippen molar-refractivity contribution in [3.05, 3.63) is 59.7 Å². The molecular weight excluding hydrogens is 436 g/mol.